The fourth-order valence-corrected chi connectivity index (χ4v) is 6.35. The topological polar surface area (TPSA) is 53.1 Å². The van der Waals surface area contributed by atoms with Gasteiger partial charge in [0.1, 0.15) is 5.75 Å². The summed E-state index contributed by atoms with van der Waals surface area (Å²) in [5, 5.41) is 2.15. The Balaban J connectivity index is 1.28. The molecule has 0 bridgehead atoms. The van der Waals surface area contributed by atoms with Gasteiger partial charge in [0.25, 0.3) is 5.91 Å². The van der Waals surface area contributed by atoms with Crippen molar-refractivity contribution in [3.05, 3.63) is 87.1 Å². The van der Waals surface area contributed by atoms with E-state index in [4.69, 9.17) is 4.74 Å². The molecule has 0 saturated carbocycles. The van der Waals surface area contributed by atoms with Crippen LogP contribution >= 0.6 is 11.3 Å². The second-order valence-corrected chi connectivity index (χ2v) is 10.7. The highest BCUT2D eigenvalue weighted by atomic mass is 32.1. The first-order chi connectivity index (χ1) is 17.5. The normalized spacial score (nSPS) is 20.2. The van der Waals surface area contributed by atoms with Crippen LogP contribution in [0.4, 0.5) is 0 Å². The molecule has 0 radical (unpaired) electrons. The second kappa shape index (κ2) is 10.4. The molecule has 2 amide bonds. The quantitative estimate of drug-likeness (QED) is 0.518. The maximum Gasteiger partial charge on any atom is 0.254 e. The minimum Gasteiger partial charge on any atom is -0.497 e. The number of fused-ring (bicyclic) bond motifs is 1. The van der Waals surface area contributed by atoms with Gasteiger partial charge in [0.05, 0.1) is 19.7 Å². The molecule has 0 aliphatic carbocycles. The molecule has 0 N–H and O–H groups in total. The van der Waals surface area contributed by atoms with E-state index in [-0.39, 0.29) is 23.9 Å². The van der Waals surface area contributed by atoms with Crippen molar-refractivity contribution in [2.24, 2.45) is 0 Å². The van der Waals surface area contributed by atoms with Crippen LogP contribution in [-0.2, 0) is 11.2 Å². The van der Waals surface area contributed by atoms with Crippen LogP contribution < -0.4 is 4.74 Å². The van der Waals surface area contributed by atoms with Crippen molar-refractivity contribution in [2.45, 2.75) is 32.4 Å². The lowest BCUT2D eigenvalue weighted by Crippen LogP contribution is -2.57. The predicted octanol–water partition coefficient (Wildman–Crippen LogP) is 4.39. The number of hydrogen-bond donors (Lipinski definition) is 0. The summed E-state index contributed by atoms with van der Waals surface area (Å²) >= 11 is 1.80. The molecule has 2 atom stereocenters. The summed E-state index contributed by atoms with van der Waals surface area (Å²) in [5.41, 5.74) is 4.19. The first kappa shape index (κ1) is 24.5. The van der Waals surface area contributed by atoms with Crippen LogP contribution in [0.15, 0.2) is 60.0 Å². The Morgan fingerprint density at radius 2 is 1.81 bits per heavy atom. The van der Waals surface area contributed by atoms with Gasteiger partial charge in [0, 0.05) is 42.7 Å². The lowest BCUT2D eigenvalue weighted by Gasteiger charge is -2.42. The SMILES string of the molecule is COc1ccc([C@H]2c3ccsc3CCN2CC(=O)N2CCN(C(=O)c3ccccc3C)[C@H](C)C2)cc1. The summed E-state index contributed by atoms with van der Waals surface area (Å²) < 4.78 is 5.35. The van der Waals surface area contributed by atoms with Crippen molar-refractivity contribution in [1.29, 1.82) is 0 Å². The highest BCUT2D eigenvalue weighted by Gasteiger charge is 2.35. The number of benzene rings is 2. The summed E-state index contributed by atoms with van der Waals surface area (Å²) in [6.07, 6.45) is 0.960. The third kappa shape index (κ3) is 4.77. The number of carbonyl (C=O) groups is 2. The van der Waals surface area contributed by atoms with Gasteiger partial charge in [-0.15, -0.1) is 11.3 Å². The number of amides is 2. The fraction of sp³-hybridized carbons (Fsp3) is 0.379. The molecule has 1 aromatic heterocycles. The second-order valence-electron chi connectivity index (χ2n) is 9.70. The van der Waals surface area contributed by atoms with Crippen molar-refractivity contribution >= 4 is 23.2 Å². The fourth-order valence-electron chi connectivity index (χ4n) is 5.44. The van der Waals surface area contributed by atoms with Crippen LogP contribution in [0, 0.1) is 6.92 Å². The van der Waals surface area contributed by atoms with E-state index in [1.165, 1.54) is 16.0 Å². The monoisotopic (exact) mass is 503 g/mol. The van der Waals surface area contributed by atoms with Gasteiger partial charge in [-0.3, -0.25) is 14.5 Å². The summed E-state index contributed by atoms with van der Waals surface area (Å²) in [6, 6.07) is 18.1. The van der Waals surface area contributed by atoms with Gasteiger partial charge in [-0.25, -0.2) is 0 Å². The minimum absolute atomic E-state index is 0.0305. The maximum atomic E-state index is 13.5. The van der Waals surface area contributed by atoms with Gasteiger partial charge in [0.15, 0.2) is 0 Å². The van der Waals surface area contributed by atoms with E-state index in [0.717, 1.165) is 29.8 Å². The number of piperazine rings is 1. The van der Waals surface area contributed by atoms with Gasteiger partial charge in [-0.05, 0) is 66.6 Å². The molecule has 7 heteroatoms. The number of methoxy groups -OCH3 is 1. The van der Waals surface area contributed by atoms with Gasteiger partial charge in [0.2, 0.25) is 5.91 Å². The predicted molar refractivity (Wildman–Crippen MR) is 143 cm³/mol. The Morgan fingerprint density at radius 1 is 1.03 bits per heavy atom. The van der Waals surface area contributed by atoms with Crippen LogP contribution in [0.25, 0.3) is 0 Å². The Kier molecular flexibility index (Phi) is 7.12. The molecule has 6 nitrogen and oxygen atoms in total. The molecular formula is C29H33N3O3S. The third-order valence-electron chi connectivity index (χ3n) is 7.45. The third-order valence-corrected chi connectivity index (χ3v) is 8.45. The molecule has 2 aliphatic rings. The number of rotatable bonds is 5. The van der Waals surface area contributed by atoms with E-state index >= 15 is 0 Å². The van der Waals surface area contributed by atoms with Crippen LogP contribution in [-0.4, -0.2) is 72.4 Å². The highest BCUT2D eigenvalue weighted by Crippen LogP contribution is 2.38. The summed E-state index contributed by atoms with van der Waals surface area (Å²) in [6.45, 7) is 6.88. The van der Waals surface area contributed by atoms with Crippen molar-refractivity contribution < 1.29 is 14.3 Å². The van der Waals surface area contributed by atoms with E-state index in [2.05, 4.69) is 28.5 Å². The Labute approximate surface area is 217 Å². The van der Waals surface area contributed by atoms with Crippen LogP contribution in [0.2, 0.25) is 0 Å². The van der Waals surface area contributed by atoms with Crippen molar-refractivity contribution in [1.82, 2.24) is 14.7 Å². The molecular weight excluding hydrogens is 470 g/mol. The number of carbonyl (C=O) groups excluding carboxylic acids is 2. The lowest BCUT2D eigenvalue weighted by molar-refractivity contribution is -0.135. The van der Waals surface area contributed by atoms with E-state index < -0.39 is 0 Å². The van der Waals surface area contributed by atoms with Crippen LogP contribution in [0.5, 0.6) is 5.75 Å². The van der Waals surface area contributed by atoms with Crippen LogP contribution in [0.3, 0.4) is 0 Å². The number of thiophene rings is 1. The Bertz CT molecular complexity index is 1240. The molecule has 0 spiro atoms. The molecule has 2 aliphatic heterocycles. The summed E-state index contributed by atoms with van der Waals surface area (Å²) in [5.74, 6) is 1.00. The summed E-state index contributed by atoms with van der Waals surface area (Å²) in [4.78, 5) is 34.2. The van der Waals surface area contributed by atoms with Gasteiger partial charge in [-0.2, -0.15) is 0 Å². The van der Waals surface area contributed by atoms with Crippen molar-refractivity contribution in [3.8, 4) is 5.75 Å². The van der Waals surface area contributed by atoms with E-state index in [9.17, 15) is 9.59 Å². The molecule has 2 aromatic carbocycles. The first-order valence-corrected chi connectivity index (χ1v) is 13.4. The number of aryl methyl sites for hydroxylation is 1. The van der Waals surface area contributed by atoms with Gasteiger partial charge >= 0.3 is 0 Å². The standard InChI is InChI=1S/C29H33N3O3S/c1-20-6-4-5-7-24(20)29(34)32-16-15-30(18-21(32)2)27(33)19-31-14-12-26-25(13-17-36-26)28(31)22-8-10-23(35-3)11-9-22/h4-11,13,17,21,28H,12,14-16,18-19H2,1-3H3/t21-,28+/m1/s1. The molecule has 3 heterocycles. The molecule has 0 unspecified atom stereocenters. The molecule has 36 heavy (non-hydrogen) atoms. The zero-order chi connectivity index (χ0) is 25.2. The Morgan fingerprint density at radius 3 is 2.53 bits per heavy atom. The van der Waals surface area contributed by atoms with E-state index in [0.29, 0.717) is 26.2 Å². The minimum atomic E-state index is -0.0305. The van der Waals surface area contributed by atoms with Crippen molar-refractivity contribution in [2.75, 3.05) is 39.8 Å². The summed E-state index contributed by atoms with van der Waals surface area (Å²) in [7, 11) is 1.67. The van der Waals surface area contributed by atoms with Gasteiger partial charge in [-0.1, -0.05) is 30.3 Å². The molecule has 188 valence electrons. The van der Waals surface area contributed by atoms with Crippen LogP contribution in [0.1, 0.15) is 44.9 Å². The average molecular weight is 504 g/mol. The average Bonchev–Trinajstić information content (AvgIpc) is 3.37. The zero-order valence-electron chi connectivity index (χ0n) is 21.1. The first-order valence-electron chi connectivity index (χ1n) is 12.5. The van der Waals surface area contributed by atoms with E-state index in [1.54, 1.807) is 18.4 Å². The zero-order valence-corrected chi connectivity index (χ0v) is 22.0. The number of nitrogens with zero attached hydrogens (tertiary/aromatic N) is 3. The van der Waals surface area contributed by atoms with Gasteiger partial charge < -0.3 is 14.5 Å². The molecule has 3 aromatic rings. The molecule has 1 saturated heterocycles. The van der Waals surface area contributed by atoms with E-state index in [1.807, 2.05) is 60.0 Å². The number of hydrogen-bond acceptors (Lipinski definition) is 5. The Hall–Kier alpha value is -3.16. The number of ether oxygens (including phenoxy) is 1. The van der Waals surface area contributed by atoms with Crippen molar-refractivity contribution in [3.63, 3.8) is 0 Å². The largest absolute Gasteiger partial charge is 0.497 e. The molecule has 5 rings (SSSR count). The maximum absolute atomic E-state index is 13.5. The molecule has 1 fully saturated rings. The highest BCUT2D eigenvalue weighted by molar-refractivity contribution is 7.10. The lowest BCUT2D eigenvalue weighted by atomic mass is 9.93. The smallest absolute Gasteiger partial charge is 0.254 e.